The smallest absolute Gasteiger partial charge is 0.251 e. The normalized spacial score (nSPS) is 12.2. The molecule has 1 atom stereocenters. The van der Waals surface area contributed by atoms with Gasteiger partial charge in [0.2, 0.25) is 0 Å². The highest BCUT2D eigenvalue weighted by molar-refractivity contribution is 5.94. The Morgan fingerprint density at radius 2 is 2.12 bits per heavy atom. The van der Waals surface area contributed by atoms with Crippen LogP contribution < -0.4 is 5.32 Å². The molecule has 136 valence electrons. The topological polar surface area (TPSA) is 77.6 Å². The summed E-state index contributed by atoms with van der Waals surface area (Å²) in [5.74, 6) is -0.0963. The fourth-order valence-electron chi connectivity index (χ4n) is 3.31. The Balaban J connectivity index is 1.74. The van der Waals surface area contributed by atoms with Crippen LogP contribution in [-0.2, 0) is 13.1 Å². The quantitative estimate of drug-likeness (QED) is 0.740. The van der Waals surface area contributed by atoms with Crippen molar-refractivity contribution in [3.05, 3.63) is 65.0 Å². The second kappa shape index (κ2) is 7.51. The lowest BCUT2D eigenvalue weighted by atomic mass is 10.1. The van der Waals surface area contributed by atoms with Gasteiger partial charge in [0, 0.05) is 23.4 Å². The van der Waals surface area contributed by atoms with Gasteiger partial charge in [-0.2, -0.15) is 10.2 Å². The molecule has 0 aliphatic heterocycles. The van der Waals surface area contributed by atoms with Crippen LogP contribution in [0.5, 0.6) is 0 Å². The summed E-state index contributed by atoms with van der Waals surface area (Å²) in [6, 6.07) is 7.46. The maximum absolute atomic E-state index is 12.7. The Labute approximate surface area is 153 Å². The fourth-order valence-corrected chi connectivity index (χ4v) is 3.31. The van der Waals surface area contributed by atoms with Gasteiger partial charge in [-0.15, -0.1) is 0 Å². The van der Waals surface area contributed by atoms with E-state index >= 15 is 0 Å². The molecule has 1 aromatic carbocycles. The lowest BCUT2D eigenvalue weighted by Gasteiger charge is -2.15. The van der Waals surface area contributed by atoms with Gasteiger partial charge in [-0.3, -0.25) is 9.48 Å². The van der Waals surface area contributed by atoms with E-state index in [1.807, 2.05) is 49.7 Å². The Kier molecular flexibility index (Phi) is 5.16. The summed E-state index contributed by atoms with van der Waals surface area (Å²) in [6.45, 7) is 9.48. The largest absolute Gasteiger partial charge is 0.345 e. The highest BCUT2D eigenvalue weighted by atomic mass is 16.1. The molecule has 7 heteroatoms. The van der Waals surface area contributed by atoms with E-state index in [2.05, 4.69) is 27.4 Å². The molecule has 0 radical (unpaired) electrons. The number of nitrogens with one attached hydrogen (secondary N) is 1. The van der Waals surface area contributed by atoms with E-state index in [-0.39, 0.29) is 11.9 Å². The third-order valence-electron chi connectivity index (χ3n) is 4.52. The van der Waals surface area contributed by atoms with Crippen molar-refractivity contribution in [3.63, 3.8) is 0 Å². The lowest BCUT2D eigenvalue weighted by Crippen LogP contribution is -2.27. The number of benzene rings is 1. The molecule has 0 fully saturated rings. The first kappa shape index (κ1) is 17.8. The van der Waals surface area contributed by atoms with Gasteiger partial charge in [-0.05, 0) is 45.4 Å². The monoisotopic (exact) mass is 352 g/mol. The summed E-state index contributed by atoms with van der Waals surface area (Å²) in [6.07, 6.45) is 3.16. The van der Waals surface area contributed by atoms with Crippen molar-refractivity contribution in [2.75, 3.05) is 0 Å². The molecule has 0 bridgehead atoms. The molecule has 2 heterocycles. The molecule has 7 nitrogen and oxygen atoms in total. The van der Waals surface area contributed by atoms with Gasteiger partial charge in [-0.1, -0.05) is 12.1 Å². The van der Waals surface area contributed by atoms with E-state index in [4.69, 9.17) is 0 Å². The molecule has 0 aliphatic carbocycles. The molecular weight excluding hydrogens is 328 g/mol. The van der Waals surface area contributed by atoms with E-state index in [9.17, 15) is 4.79 Å². The maximum atomic E-state index is 12.7. The average Bonchev–Trinajstić information content (AvgIpc) is 3.22. The lowest BCUT2D eigenvalue weighted by molar-refractivity contribution is 0.0939. The number of carbonyl (C=O) groups excluding carboxylic acids is 1. The maximum Gasteiger partial charge on any atom is 0.251 e. The third-order valence-corrected chi connectivity index (χ3v) is 4.52. The van der Waals surface area contributed by atoms with Gasteiger partial charge in [0.25, 0.3) is 5.91 Å². The van der Waals surface area contributed by atoms with E-state index < -0.39 is 0 Å². The summed E-state index contributed by atoms with van der Waals surface area (Å²) in [5, 5.41) is 11.7. The molecule has 3 rings (SSSR count). The van der Waals surface area contributed by atoms with E-state index in [1.54, 1.807) is 11.0 Å². The van der Waals surface area contributed by atoms with Gasteiger partial charge in [0.05, 0.1) is 18.3 Å². The minimum absolute atomic E-state index is 0.0963. The SMILES string of the molecule is CCn1nc(C)c([C@@H](C)NC(=O)c2cccc(Cn3cncn3)c2)c1C. The second-order valence-electron chi connectivity index (χ2n) is 6.39. The Bertz CT molecular complexity index is 897. The zero-order chi connectivity index (χ0) is 18.7. The molecule has 0 aliphatic rings. The Hall–Kier alpha value is -2.96. The molecule has 3 aromatic rings. The number of carbonyl (C=O) groups is 1. The van der Waals surface area contributed by atoms with Crippen LogP contribution in [0.1, 0.15) is 52.8 Å². The summed E-state index contributed by atoms with van der Waals surface area (Å²) in [5.41, 5.74) is 4.77. The van der Waals surface area contributed by atoms with Gasteiger partial charge in [0.15, 0.2) is 0 Å². The zero-order valence-electron chi connectivity index (χ0n) is 15.6. The highest BCUT2D eigenvalue weighted by Gasteiger charge is 2.19. The van der Waals surface area contributed by atoms with Crippen molar-refractivity contribution in [2.45, 2.75) is 46.8 Å². The first-order valence-corrected chi connectivity index (χ1v) is 8.75. The van der Waals surface area contributed by atoms with Crippen molar-refractivity contribution >= 4 is 5.91 Å². The number of aryl methyl sites for hydroxylation is 2. The number of amides is 1. The van der Waals surface area contributed by atoms with Crippen LogP contribution in [-0.4, -0.2) is 30.5 Å². The molecule has 1 amide bonds. The summed E-state index contributed by atoms with van der Waals surface area (Å²) < 4.78 is 3.69. The number of hydrogen-bond acceptors (Lipinski definition) is 4. The van der Waals surface area contributed by atoms with Gasteiger partial charge < -0.3 is 5.32 Å². The van der Waals surface area contributed by atoms with Crippen LogP contribution in [0.15, 0.2) is 36.9 Å². The Morgan fingerprint density at radius 1 is 1.31 bits per heavy atom. The van der Waals surface area contributed by atoms with Crippen molar-refractivity contribution in [2.24, 2.45) is 0 Å². The number of aromatic nitrogens is 5. The Morgan fingerprint density at radius 3 is 2.77 bits per heavy atom. The standard InChI is InChI=1S/C19H24N6O/c1-5-25-15(4)18(14(3)23-25)13(2)22-19(26)17-8-6-7-16(9-17)10-24-12-20-11-21-24/h6-9,11-13H,5,10H2,1-4H3,(H,22,26)/t13-/m1/s1. The zero-order valence-corrected chi connectivity index (χ0v) is 15.6. The van der Waals surface area contributed by atoms with E-state index in [0.29, 0.717) is 12.1 Å². The van der Waals surface area contributed by atoms with Crippen LogP contribution in [0.25, 0.3) is 0 Å². The summed E-state index contributed by atoms with van der Waals surface area (Å²) in [7, 11) is 0. The van der Waals surface area contributed by atoms with Crippen LogP contribution in [0.3, 0.4) is 0 Å². The van der Waals surface area contributed by atoms with Crippen molar-refractivity contribution < 1.29 is 4.79 Å². The predicted octanol–water partition coefficient (Wildman–Crippen LogP) is 2.65. The van der Waals surface area contributed by atoms with E-state index in [1.165, 1.54) is 6.33 Å². The number of hydrogen-bond donors (Lipinski definition) is 1. The third kappa shape index (κ3) is 3.66. The molecule has 26 heavy (non-hydrogen) atoms. The first-order chi connectivity index (χ1) is 12.5. The number of rotatable bonds is 6. The molecular formula is C19H24N6O. The van der Waals surface area contributed by atoms with Gasteiger partial charge >= 0.3 is 0 Å². The van der Waals surface area contributed by atoms with Crippen molar-refractivity contribution in [1.82, 2.24) is 29.9 Å². The van der Waals surface area contributed by atoms with Crippen LogP contribution >= 0.6 is 0 Å². The molecule has 0 saturated heterocycles. The molecule has 0 saturated carbocycles. The molecule has 0 spiro atoms. The van der Waals surface area contributed by atoms with E-state index in [0.717, 1.165) is 29.1 Å². The molecule has 1 N–H and O–H groups in total. The summed E-state index contributed by atoms with van der Waals surface area (Å²) >= 11 is 0. The fraction of sp³-hybridized carbons (Fsp3) is 0.368. The first-order valence-electron chi connectivity index (χ1n) is 8.75. The average molecular weight is 352 g/mol. The highest BCUT2D eigenvalue weighted by Crippen LogP contribution is 2.22. The summed E-state index contributed by atoms with van der Waals surface area (Å²) in [4.78, 5) is 16.6. The second-order valence-corrected chi connectivity index (χ2v) is 6.39. The molecule has 0 unspecified atom stereocenters. The predicted molar refractivity (Wildman–Crippen MR) is 98.8 cm³/mol. The number of nitrogens with zero attached hydrogens (tertiary/aromatic N) is 5. The van der Waals surface area contributed by atoms with Gasteiger partial charge in [-0.25, -0.2) is 9.67 Å². The van der Waals surface area contributed by atoms with Gasteiger partial charge in [0.1, 0.15) is 12.7 Å². The van der Waals surface area contributed by atoms with Crippen LogP contribution in [0.4, 0.5) is 0 Å². The van der Waals surface area contributed by atoms with Crippen LogP contribution in [0, 0.1) is 13.8 Å². The minimum Gasteiger partial charge on any atom is -0.345 e. The van der Waals surface area contributed by atoms with Crippen LogP contribution in [0.2, 0.25) is 0 Å². The molecule has 2 aromatic heterocycles. The van der Waals surface area contributed by atoms with Crippen molar-refractivity contribution in [1.29, 1.82) is 0 Å². The van der Waals surface area contributed by atoms with Crippen molar-refractivity contribution in [3.8, 4) is 0 Å². The minimum atomic E-state index is -0.109.